The molecule has 190 valence electrons. The Morgan fingerprint density at radius 3 is 1.66 bits per heavy atom. The molecule has 0 fully saturated rings. The second-order valence-corrected chi connectivity index (χ2v) is 6.86. The van der Waals surface area contributed by atoms with Crippen molar-refractivity contribution in [3.8, 4) is 11.5 Å². The van der Waals surface area contributed by atoms with Gasteiger partial charge in [0.05, 0.1) is 20.8 Å². The molecule has 0 aliphatic heterocycles. The minimum Gasteiger partial charge on any atom is -0.496 e. The highest BCUT2D eigenvalue weighted by Gasteiger charge is 2.24. The third-order valence-corrected chi connectivity index (χ3v) is 4.39. The molecule has 2 radical (unpaired) electrons. The Balaban J connectivity index is 1.91. The lowest BCUT2D eigenvalue weighted by molar-refractivity contribution is -0.364. The van der Waals surface area contributed by atoms with E-state index in [1.54, 1.807) is 36.4 Å². The van der Waals surface area contributed by atoms with E-state index in [0.29, 0.717) is 44.2 Å². The Kier molecular flexibility index (Phi) is 13.2. The third-order valence-electron chi connectivity index (χ3n) is 4.39. The quantitative estimate of drug-likeness (QED) is 0.183. The van der Waals surface area contributed by atoms with Gasteiger partial charge in [-0.25, -0.2) is 9.59 Å². The van der Waals surface area contributed by atoms with E-state index in [-0.39, 0.29) is 30.4 Å². The summed E-state index contributed by atoms with van der Waals surface area (Å²) in [5, 5.41) is 0. The molecule has 0 spiro atoms. The number of benzene rings is 2. The minimum absolute atomic E-state index is 0.0120. The van der Waals surface area contributed by atoms with Crippen LogP contribution >= 0.6 is 0 Å². The molecule has 0 bridgehead atoms. The average molecular weight is 491 g/mol. The summed E-state index contributed by atoms with van der Waals surface area (Å²) in [4.78, 5) is 44.6. The number of para-hydroxylation sites is 2. The minimum atomic E-state index is -0.830. The summed E-state index contributed by atoms with van der Waals surface area (Å²) in [6, 6.07) is 12.9. The smallest absolute Gasteiger partial charge is 0.376 e. The van der Waals surface area contributed by atoms with Crippen LogP contribution in [0.15, 0.2) is 48.5 Å². The SMILES string of the molecule is [CH2]CCOCCCOCC[C](OOC(=O)c1ccccc1OC)OOC(=O)c1ccccc1OC. The Morgan fingerprint density at radius 2 is 1.17 bits per heavy atom. The zero-order valence-corrected chi connectivity index (χ0v) is 19.9. The molecule has 0 aromatic heterocycles. The fourth-order valence-electron chi connectivity index (χ4n) is 2.71. The van der Waals surface area contributed by atoms with Crippen LogP contribution in [0.2, 0.25) is 0 Å². The van der Waals surface area contributed by atoms with Crippen molar-refractivity contribution < 1.29 is 48.1 Å². The second kappa shape index (κ2) is 16.4. The molecule has 0 atom stereocenters. The zero-order valence-electron chi connectivity index (χ0n) is 19.9. The van der Waals surface area contributed by atoms with Gasteiger partial charge in [0.15, 0.2) is 0 Å². The van der Waals surface area contributed by atoms with Crippen molar-refractivity contribution in [2.24, 2.45) is 0 Å². The number of hydrogen-bond acceptors (Lipinski definition) is 10. The number of methoxy groups -OCH3 is 2. The van der Waals surface area contributed by atoms with Crippen LogP contribution in [-0.4, -0.2) is 52.6 Å². The molecule has 2 aromatic rings. The van der Waals surface area contributed by atoms with Gasteiger partial charge in [0.2, 0.25) is 0 Å². The lowest BCUT2D eigenvalue weighted by atomic mass is 10.2. The maximum Gasteiger partial charge on any atom is 0.376 e. The number of rotatable bonds is 17. The summed E-state index contributed by atoms with van der Waals surface area (Å²) in [6.07, 6.45) is 1.10. The van der Waals surface area contributed by atoms with Crippen LogP contribution in [0.25, 0.3) is 0 Å². The molecule has 2 aromatic carbocycles. The number of hydrogen-bond donors (Lipinski definition) is 0. The van der Waals surface area contributed by atoms with Gasteiger partial charge in [-0.2, -0.15) is 0 Å². The van der Waals surface area contributed by atoms with Crippen LogP contribution in [0, 0.1) is 13.2 Å². The van der Waals surface area contributed by atoms with Gasteiger partial charge in [0.1, 0.15) is 22.6 Å². The number of ether oxygens (including phenoxy) is 4. The Bertz CT molecular complexity index is 838. The molecule has 0 N–H and O–H groups in total. The molecule has 0 amide bonds. The summed E-state index contributed by atoms with van der Waals surface area (Å²) in [7, 11) is 2.85. The van der Waals surface area contributed by atoms with Crippen molar-refractivity contribution >= 4 is 11.9 Å². The van der Waals surface area contributed by atoms with E-state index in [1.165, 1.54) is 26.4 Å². The van der Waals surface area contributed by atoms with E-state index in [0.717, 1.165) is 0 Å². The fourth-order valence-corrected chi connectivity index (χ4v) is 2.71. The second-order valence-electron chi connectivity index (χ2n) is 6.86. The summed E-state index contributed by atoms with van der Waals surface area (Å²) in [6.45, 7) is 5.40. The van der Waals surface area contributed by atoms with Crippen LogP contribution in [0.1, 0.15) is 40.0 Å². The molecular formula is C25H30O10. The van der Waals surface area contributed by atoms with Crippen molar-refractivity contribution in [1.29, 1.82) is 0 Å². The highest BCUT2D eigenvalue weighted by Crippen LogP contribution is 2.22. The van der Waals surface area contributed by atoms with Gasteiger partial charge in [-0.15, -0.1) is 9.78 Å². The molecule has 10 nitrogen and oxygen atoms in total. The van der Waals surface area contributed by atoms with Gasteiger partial charge < -0.3 is 18.9 Å². The third kappa shape index (κ3) is 9.91. The Morgan fingerprint density at radius 1 is 0.686 bits per heavy atom. The number of carbonyl (C=O) groups excluding carboxylic acids is 2. The first-order valence-corrected chi connectivity index (χ1v) is 10.9. The molecule has 2 rings (SSSR count). The molecule has 0 heterocycles. The summed E-state index contributed by atoms with van der Waals surface area (Å²) >= 11 is 0. The van der Waals surface area contributed by atoms with E-state index in [1.807, 2.05) is 0 Å². The van der Waals surface area contributed by atoms with Crippen molar-refractivity contribution in [2.75, 3.05) is 40.6 Å². The van der Waals surface area contributed by atoms with Crippen LogP contribution in [0.3, 0.4) is 0 Å². The Labute approximate surface area is 204 Å². The first kappa shape index (κ1) is 28.1. The first-order chi connectivity index (χ1) is 17.1. The zero-order chi connectivity index (χ0) is 25.3. The lowest BCUT2D eigenvalue weighted by Crippen LogP contribution is -2.18. The summed E-state index contributed by atoms with van der Waals surface area (Å²) in [5.41, 5.74) is 0.276. The van der Waals surface area contributed by atoms with Gasteiger partial charge in [0.25, 0.3) is 0 Å². The van der Waals surface area contributed by atoms with Gasteiger partial charge in [-0.05, 0) is 37.1 Å². The molecule has 0 saturated carbocycles. The highest BCUT2D eigenvalue weighted by atomic mass is 17.3. The van der Waals surface area contributed by atoms with Gasteiger partial charge in [-0.3, -0.25) is 9.78 Å². The van der Waals surface area contributed by atoms with E-state index >= 15 is 0 Å². The van der Waals surface area contributed by atoms with Gasteiger partial charge in [0, 0.05) is 26.2 Å². The van der Waals surface area contributed by atoms with Crippen molar-refractivity contribution in [3.05, 3.63) is 72.9 Å². The maximum absolute atomic E-state index is 12.4. The predicted octanol–water partition coefficient (Wildman–Crippen LogP) is 4.11. The van der Waals surface area contributed by atoms with Crippen LogP contribution < -0.4 is 9.47 Å². The molecule has 10 heteroatoms. The van der Waals surface area contributed by atoms with Crippen LogP contribution in [-0.2, 0) is 29.0 Å². The van der Waals surface area contributed by atoms with Crippen LogP contribution in [0.4, 0.5) is 0 Å². The van der Waals surface area contributed by atoms with Gasteiger partial charge >= 0.3 is 18.2 Å². The van der Waals surface area contributed by atoms with Gasteiger partial charge in [-0.1, -0.05) is 31.2 Å². The summed E-state index contributed by atoms with van der Waals surface area (Å²) in [5.74, 6) is -1.06. The average Bonchev–Trinajstić information content (AvgIpc) is 2.90. The van der Waals surface area contributed by atoms with E-state index in [2.05, 4.69) is 6.92 Å². The van der Waals surface area contributed by atoms with E-state index < -0.39 is 11.9 Å². The summed E-state index contributed by atoms with van der Waals surface area (Å²) < 4.78 is 21.1. The van der Waals surface area contributed by atoms with E-state index in [4.69, 9.17) is 38.5 Å². The molecule has 0 unspecified atom stereocenters. The molecule has 0 saturated heterocycles. The van der Waals surface area contributed by atoms with Crippen LogP contribution in [0.5, 0.6) is 11.5 Å². The molecule has 0 aliphatic rings. The maximum atomic E-state index is 12.4. The number of carbonyl (C=O) groups is 2. The predicted molar refractivity (Wildman–Crippen MR) is 123 cm³/mol. The topological polar surface area (TPSA) is 108 Å². The molecule has 0 aliphatic carbocycles. The lowest BCUT2D eigenvalue weighted by Gasteiger charge is -2.15. The van der Waals surface area contributed by atoms with Crippen molar-refractivity contribution in [1.82, 2.24) is 0 Å². The highest BCUT2D eigenvalue weighted by molar-refractivity contribution is 5.92. The monoisotopic (exact) mass is 490 g/mol. The first-order valence-electron chi connectivity index (χ1n) is 10.9. The normalized spacial score (nSPS) is 10.7. The Hall–Kier alpha value is -3.18. The molecule has 35 heavy (non-hydrogen) atoms. The van der Waals surface area contributed by atoms with Crippen molar-refractivity contribution in [2.45, 2.75) is 19.3 Å². The fraction of sp³-hybridized carbons (Fsp3) is 0.360. The largest absolute Gasteiger partial charge is 0.496 e. The standard InChI is InChI=1S/C25H30O10/c1-4-15-30-16-9-17-31-18-14-23(32-34-24(26)19-10-5-7-12-21(19)28-2)33-35-25(27)20-11-6-8-13-22(20)29-3/h5-8,10-13H,1,4,9,14-18H2,2-3H3. The molecular weight excluding hydrogens is 460 g/mol. The van der Waals surface area contributed by atoms with Crippen molar-refractivity contribution in [3.63, 3.8) is 0 Å². The van der Waals surface area contributed by atoms with E-state index in [9.17, 15) is 9.59 Å².